The van der Waals surface area contributed by atoms with Crippen LogP contribution in [0.25, 0.3) is 0 Å². The van der Waals surface area contributed by atoms with Gasteiger partial charge in [0.25, 0.3) is 5.69 Å². The number of fused-ring (bicyclic) bond motifs is 1. The van der Waals surface area contributed by atoms with Crippen LogP contribution in [0.2, 0.25) is 0 Å². The molecule has 88 valence electrons. The highest BCUT2D eigenvalue weighted by molar-refractivity contribution is 7.82. The summed E-state index contributed by atoms with van der Waals surface area (Å²) in [6, 6.07) is 4.65. The van der Waals surface area contributed by atoms with Crippen LogP contribution in [-0.2, 0) is 23.3 Å². The van der Waals surface area contributed by atoms with Gasteiger partial charge in [-0.2, -0.15) is 0 Å². The molecular formula is C10H14N2O3S. The van der Waals surface area contributed by atoms with Crippen molar-refractivity contribution in [2.75, 3.05) is 0 Å². The normalized spacial score (nSPS) is 18.0. The molecule has 1 aliphatic rings. The molecule has 0 saturated carbocycles. The van der Waals surface area contributed by atoms with Crippen molar-refractivity contribution >= 4 is 16.7 Å². The molecule has 16 heavy (non-hydrogen) atoms. The van der Waals surface area contributed by atoms with E-state index in [2.05, 4.69) is 4.72 Å². The molecule has 0 aromatic heterocycles. The fourth-order valence-corrected chi connectivity index (χ4v) is 2.36. The average Bonchev–Trinajstić information content (AvgIpc) is 2.30. The van der Waals surface area contributed by atoms with E-state index in [1.54, 1.807) is 6.07 Å². The van der Waals surface area contributed by atoms with Gasteiger partial charge in [0.2, 0.25) is 0 Å². The van der Waals surface area contributed by atoms with Crippen LogP contribution in [0.4, 0.5) is 5.69 Å². The Kier molecular flexibility index (Phi) is 4.57. The summed E-state index contributed by atoms with van der Waals surface area (Å²) in [6.45, 7) is 4.43. The number of nitrogens with zero attached hydrogens (tertiary/aromatic N) is 1. The largest absolute Gasteiger partial charge is 0.269 e. The van der Waals surface area contributed by atoms with Crippen molar-refractivity contribution < 1.29 is 9.13 Å². The molecule has 1 heterocycles. The van der Waals surface area contributed by atoms with Crippen molar-refractivity contribution in [3.8, 4) is 0 Å². The third-order valence-corrected chi connectivity index (χ3v) is 3.15. The molecule has 1 aliphatic heterocycles. The van der Waals surface area contributed by atoms with Crippen molar-refractivity contribution in [2.24, 2.45) is 0 Å². The molecule has 0 saturated heterocycles. The van der Waals surface area contributed by atoms with E-state index in [9.17, 15) is 14.3 Å². The summed E-state index contributed by atoms with van der Waals surface area (Å²) in [6.07, 6.45) is 0. The van der Waals surface area contributed by atoms with Gasteiger partial charge < -0.3 is 0 Å². The highest BCUT2D eigenvalue weighted by Gasteiger charge is 2.16. The van der Waals surface area contributed by atoms with Gasteiger partial charge in [-0.05, 0) is 11.1 Å². The maximum absolute atomic E-state index is 11.1. The van der Waals surface area contributed by atoms with Crippen LogP contribution in [-0.4, -0.2) is 9.13 Å². The summed E-state index contributed by atoms with van der Waals surface area (Å²) in [4.78, 5) is 10.1. The molecule has 1 atom stereocenters. The van der Waals surface area contributed by atoms with Crippen LogP contribution >= 0.6 is 0 Å². The highest BCUT2D eigenvalue weighted by atomic mass is 32.2. The van der Waals surface area contributed by atoms with Gasteiger partial charge in [-0.3, -0.25) is 10.1 Å². The molecule has 0 radical (unpaired) electrons. The number of benzene rings is 1. The molecule has 5 nitrogen and oxygen atoms in total. The fraction of sp³-hybridized carbons (Fsp3) is 0.400. The first-order chi connectivity index (χ1) is 7.66. The molecule has 0 aliphatic carbocycles. The molecule has 0 spiro atoms. The van der Waals surface area contributed by atoms with E-state index in [0.29, 0.717) is 12.3 Å². The third kappa shape index (κ3) is 2.86. The number of nitrogens with one attached hydrogen (secondary N) is 1. The first-order valence-electron chi connectivity index (χ1n) is 5.05. The second-order valence-corrected chi connectivity index (χ2v) is 4.29. The maximum Gasteiger partial charge on any atom is 0.269 e. The Labute approximate surface area is 96.6 Å². The minimum absolute atomic E-state index is 0.0817. The van der Waals surface area contributed by atoms with E-state index >= 15 is 0 Å². The van der Waals surface area contributed by atoms with Gasteiger partial charge >= 0.3 is 0 Å². The van der Waals surface area contributed by atoms with Crippen molar-refractivity contribution in [1.82, 2.24) is 4.72 Å². The first-order valence-corrected chi connectivity index (χ1v) is 6.37. The van der Waals surface area contributed by atoms with Crippen LogP contribution in [0.5, 0.6) is 0 Å². The summed E-state index contributed by atoms with van der Waals surface area (Å²) in [5.74, 6) is 0.424. The van der Waals surface area contributed by atoms with Gasteiger partial charge in [-0.1, -0.05) is 19.9 Å². The standard InChI is InChI=1S/C8H8N2O3S.C2H6/c11-10(12)8-2-1-6-5-14(13)9-4-7(6)3-8;1-2/h1-3,9H,4-5H2;1-2H3. The molecule has 1 aromatic carbocycles. The van der Waals surface area contributed by atoms with Crippen molar-refractivity contribution in [1.29, 1.82) is 0 Å². The van der Waals surface area contributed by atoms with Crippen molar-refractivity contribution in [3.63, 3.8) is 0 Å². The summed E-state index contributed by atoms with van der Waals surface area (Å²) < 4.78 is 13.9. The number of nitro groups is 1. The Morgan fingerprint density at radius 2 is 2.06 bits per heavy atom. The van der Waals surface area contributed by atoms with E-state index in [4.69, 9.17) is 0 Å². The molecular weight excluding hydrogens is 228 g/mol. The lowest BCUT2D eigenvalue weighted by atomic mass is 10.1. The third-order valence-electron chi connectivity index (χ3n) is 2.11. The zero-order valence-corrected chi connectivity index (χ0v) is 10.0. The van der Waals surface area contributed by atoms with E-state index in [1.165, 1.54) is 12.1 Å². The molecule has 0 fully saturated rings. The number of hydrogen-bond donors (Lipinski definition) is 1. The molecule has 6 heteroatoms. The number of hydrogen-bond acceptors (Lipinski definition) is 3. The van der Waals surface area contributed by atoms with Crippen molar-refractivity contribution in [3.05, 3.63) is 39.4 Å². The second-order valence-electron chi connectivity index (χ2n) is 3.02. The van der Waals surface area contributed by atoms with E-state index in [0.717, 1.165) is 11.1 Å². The van der Waals surface area contributed by atoms with Crippen LogP contribution in [0.15, 0.2) is 18.2 Å². The van der Waals surface area contributed by atoms with Crippen LogP contribution in [0.3, 0.4) is 0 Å². The van der Waals surface area contributed by atoms with Gasteiger partial charge in [-0.15, -0.1) is 0 Å². The molecule has 1 unspecified atom stereocenters. The van der Waals surface area contributed by atoms with Gasteiger partial charge in [-0.25, -0.2) is 8.93 Å². The Morgan fingerprint density at radius 3 is 2.69 bits per heavy atom. The number of rotatable bonds is 1. The number of non-ortho nitro benzene ring substituents is 1. The van der Waals surface area contributed by atoms with E-state index < -0.39 is 15.9 Å². The van der Waals surface area contributed by atoms with E-state index in [1.807, 2.05) is 13.8 Å². The molecule has 2 rings (SSSR count). The maximum atomic E-state index is 11.1. The molecule has 0 bridgehead atoms. The second kappa shape index (κ2) is 5.72. The Balaban J connectivity index is 0.000000606. The summed E-state index contributed by atoms with van der Waals surface area (Å²) in [5.41, 5.74) is 1.87. The minimum Gasteiger partial charge on any atom is -0.258 e. The van der Waals surface area contributed by atoms with Crippen LogP contribution in [0, 0.1) is 10.1 Å². The lowest BCUT2D eigenvalue weighted by Gasteiger charge is -2.15. The Hall–Kier alpha value is -1.27. The van der Waals surface area contributed by atoms with Crippen molar-refractivity contribution in [2.45, 2.75) is 26.1 Å². The summed E-state index contributed by atoms with van der Waals surface area (Å²) in [7, 11) is -1.04. The molecule has 0 amide bonds. The quantitative estimate of drug-likeness (QED) is 0.603. The SMILES string of the molecule is CC.O=[N+]([O-])c1ccc2c(c1)CNS(=O)C2. The average molecular weight is 242 g/mol. The van der Waals surface area contributed by atoms with Gasteiger partial charge in [0, 0.05) is 18.7 Å². The smallest absolute Gasteiger partial charge is 0.258 e. The lowest BCUT2D eigenvalue weighted by Crippen LogP contribution is -2.24. The molecule has 1 aromatic rings. The fourth-order valence-electron chi connectivity index (χ4n) is 1.38. The lowest BCUT2D eigenvalue weighted by molar-refractivity contribution is -0.384. The Bertz CT molecular complexity index is 421. The summed E-state index contributed by atoms with van der Waals surface area (Å²) in [5, 5.41) is 10.5. The zero-order chi connectivity index (χ0) is 12.1. The summed E-state index contributed by atoms with van der Waals surface area (Å²) >= 11 is 0. The van der Waals surface area contributed by atoms with Crippen LogP contribution < -0.4 is 4.72 Å². The first kappa shape index (κ1) is 12.8. The molecule has 1 N–H and O–H groups in total. The highest BCUT2D eigenvalue weighted by Crippen LogP contribution is 2.21. The van der Waals surface area contributed by atoms with Crippen LogP contribution in [0.1, 0.15) is 25.0 Å². The Morgan fingerprint density at radius 1 is 1.38 bits per heavy atom. The number of nitro benzene ring substituents is 1. The predicted octanol–water partition coefficient (Wildman–Crippen LogP) is 1.89. The predicted molar refractivity (Wildman–Crippen MR) is 63.1 cm³/mol. The van der Waals surface area contributed by atoms with Gasteiger partial charge in [0.1, 0.15) is 0 Å². The van der Waals surface area contributed by atoms with Gasteiger partial charge in [0.05, 0.1) is 21.7 Å². The van der Waals surface area contributed by atoms with Gasteiger partial charge in [0.15, 0.2) is 0 Å². The topological polar surface area (TPSA) is 72.2 Å². The van der Waals surface area contributed by atoms with E-state index in [-0.39, 0.29) is 5.69 Å². The monoisotopic (exact) mass is 242 g/mol. The zero-order valence-electron chi connectivity index (χ0n) is 9.23. The minimum atomic E-state index is -1.04.